The second-order valence-corrected chi connectivity index (χ2v) is 1.26. The lowest BCUT2D eigenvalue weighted by molar-refractivity contribution is 0.343. The van der Waals surface area contributed by atoms with Crippen LogP contribution in [0.2, 0.25) is 0 Å². The lowest BCUT2D eigenvalue weighted by Crippen LogP contribution is -1.57. The molecule has 0 aliphatic heterocycles. The van der Waals surface area contributed by atoms with Crippen LogP contribution in [0.1, 0.15) is 0 Å². The second-order valence-electron chi connectivity index (χ2n) is 0.420. The van der Waals surface area contributed by atoms with Crippen LogP contribution in [0.5, 0.6) is 0 Å². The molecule has 0 aliphatic carbocycles. The Hall–Kier alpha value is 0.0200. The molecule has 0 amide bonds. The van der Waals surface area contributed by atoms with Crippen molar-refractivity contribution < 1.29 is 14.0 Å². The first-order chi connectivity index (χ1) is 2.27. The smallest absolute Gasteiger partial charge is 0.133 e. The van der Waals surface area contributed by atoms with Gasteiger partial charge in [0.25, 0.3) is 0 Å². The molecule has 1 unspecified atom stereocenters. The van der Waals surface area contributed by atoms with E-state index in [1.807, 2.05) is 0 Å². The van der Waals surface area contributed by atoms with Crippen LogP contribution in [0.25, 0.3) is 0 Å². The van der Waals surface area contributed by atoms with E-state index in [2.05, 4.69) is 4.52 Å². The van der Waals surface area contributed by atoms with Crippen molar-refractivity contribution in [3.63, 3.8) is 0 Å². The predicted molar refractivity (Wildman–Crippen MR) is 16.8 cm³/mol. The summed E-state index contributed by atoms with van der Waals surface area (Å²) in [6.07, 6.45) is 0. The molecule has 0 spiro atoms. The zero-order chi connectivity index (χ0) is 4.28. The minimum Gasteiger partial charge on any atom is -0.133 e. The molecular weight excluding hydrogens is 92.0 g/mol. The first-order valence-electron chi connectivity index (χ1n) is 0.973. The van der Waals surface area contributed by atoms with Crippen molar-refractivity contribution in [1.29, 1.82) is 0 Å². The topological polar surface area (TPSA) is 46.5 Å². The Morgan fingerprint density at radius 3 is 2.20 bits per heavy atom. The van der Waals surface area contributed by atoms with Crippen molar-refractivity contribution in [3.05, 3.63) is 0 Å². The summed E-state index contributed by atoms with van der Waals surface area (Å²) in [5.74, 6) is 0. The van der Waals surface area contributed by atoms with Gasteiger partial charge in [0.1, 0.15) is 0 Å². The minimum atomic E-state index is -2.35. The molecule has 4 heteroatoms. The van der Waals surface area contributed by atoms with Crippen LogP contribution in [0.4, 0.5) is 0 Å². The highest BCUT2D eigenvalue weighted by atomic mass is 31.1. The van der Waals surface area contributed by atoms with Crippen LogP contribution in [-0.4, -0.2) is 12.0 Å². The van der Waals surface area contributed by atoms with E-state index in [1.165, 1.54) is 7.11 Å². The third-order valence-electron chi connectivity index (χ3n) is 0.156. The summed E-state index contributed by atoms with van der Waals surface area (Å²) in [5, 5.41) is 0. The van der Waals surface area contributed by atoms with Crippen LogP contribution in [0, 0.1) is 0 Å². The van der Waals surface area contributed by atoms with Gasteiger partial charge in [-0.1, -0.05) is 0 Å². The molecule has 0 aliphatic rings. The van der Waals surface area contributed by atoms with Crippen LogP contribution in [0.15, 0.2) is 0 Å². The lowest BCUT2D eigenvalue weighted by atomic mass is 12.7. The third kappa shape index (κ3) is 4.02. The highest BCUT2D eigenvalue weighted by Gasteiger charge is 2.02. The molecule has 5 heavy (non-hydrogen) atoms. The molecule has 1 atom stereocenters. The molecule has 0 bridgehead atoms. The summed E-state index contributed by atoms with van der Waals surface area (Å²) in [5.41, 5.74) is 0. The van der Waals surface area contributed by atoms with Gasteiger partial charge in [0.05, 0.1) is 7.11 Å². The van der Waals surface area contributed by atoms with Gasteiger partial charge in [0, 0.05) is 4.57 Å². The SMILES string of the molecule is [13CH3]O[P+](=O)O. The average molecular weight is 96.0 g/mol. The summed E-state index contributed by atoms with van der Waals surface area (Å²) in [6, 6.07) is 0. The van der Waals surface area contributed by atoms with E-state index < -0.39 is 8.25 Å². The average Bonchev–Trinajstić information content (AvgIpc) is 1.38. The van der Waals surface area contributed by atoms with Crippen molar-refractivity contribution in [2.75, 3.05) is 7.11 Å². The Balaban J connectivity index is 2.85. The normalized spacial score (nSPS) is 11.2. The maximum atomic E-state index is 9.29. The summed E-state index contributed by atoms with van der Waals surface area (Å²) >= 11 is 0. The van der Waals surface area contributed by atoms with E-state index in [4.69, 9.17) is 4.89 Å². The highest BCUT2D eigenvalue weighted by Crippen LogP contribution is 2.09. The van der Waals surface area contributed by atoms with Crippen LogP contribution < -0.4 is 0 Å². The largest absolute Gasteiger partial charge is 0.694 e. The number of hydrogen-bond acceptors (Lipinski definition) is 2. The van der Waals surface area contributed by atoms with Crippen molar-refractivity contribution in [2.24, 2.45) is 0 Å². The molecule has 0 saturated heterocycles. The fourth-order valence-corrected chi connectivity index (χ4v) is 0. The number of rotatable bonds is 1. The first kappa shape index (κ1) is 5.02. The van der Waals surface area contributed by atoms with Gasteiger partial charge in [-0.25, -0.2) is 0 Å². The Morgan fingerprint density at radius 2 is 2.20 bits per heavy atom. The molecule has 0 aromatic heterocycles. The van der Waals surface area contributed by atoms with E-state index in [0.29, 0.717) is 0 Å². The molecule has 0 radical (unpaired) electrons. The molecule has 30 valence electrons. The fraction of sp³-hybridized carbons (Fsp3) is 1.00. The van der Waals surface area contributed by atoms with Crippen molar-refractivity contribution in [2.45, 2.75) is 0 Å². The van der Waals surface area contributed by atoms with E-state index in [-0.39, 0.29) is 0 Å². The second kappa shape index (κ2) is 2.27. The third-order valence-corrected chi connectivity index (χ3v) is 0.469. The van der Waals surface area contributed by atoms with E-state index in [1.54, 1.807) is 0 Å². The van der Waals surface area contributed by atoms with Crippen molar-refractivity contribution >= 4 is 8.25 Å². The molecule has 0 fully saturated rings. The molecule has 0 rings (SSSR count). The summed E-state index contributed by atoms with van der Waals surface area (Å²) < 4.78 is 13.1. The first-order valence-corrected chi connectivity index (χ1v) is 2.10. The molecule has 3 nitrogen and oxygen atoms in total. The Morgan fingerprint density at radius 1 is 2.00 bits per heavy atom. The van der Waals surface area contributed by atoms with Gasteiger partial charge in [0.15, 0.2) is 0 Å². The standard InChI is InChI=1S/CH3O3P/c1-4-5(2)3/h1H3/p+1/i1+1. The van der Waals surface area contributed by atoms with Gasteiger partial charge in [-0.2, -0.15) is 0 Å². The lowest BCUT2D eigenvalue weighted by Gasteiger charge is -1.55. The maximum absolute atomic E-state index is 9.29. The monoisotopic (exact) mass is 96.0 g/mol. The Kier molecular flexibility index (Phi) is 2.28. The Bertz CT molecular complexity index is 42.2. The van der Waals surface area contributed by atoms with Crippen LogP contribution in [0.3, 0.4) is 0 Å². The molecule has 0 heterocycles. The van der Waals surface area contributed by atoms with Gasteiger partial charge < -0.3 is 0 Å². The molecule has 1 N–H and O–H groups in total. The van der Waals surface area contributed by atoms with Crippen molar-refractivity contribution in [3.8, 4) is 0 Å². The van der Waals surface area contributed by atoms with Crippen molar-refractivity contribution in [1.82, 2.24) is 0 Å². The fourth-order valence-electron chi connectivity index (χ4n) is 0. The summed E-state index contributed by atoms with van der Waals surface area (Å²) in [6.45, 7) is 0. The maximum Gasteiger partial charge on any atom is 0.694 e. The quantitative estimate of drug-likeness (QED) is 0.376. The highest BCUT2D eigenvalue weighted by molar-refractivity contribution is 7.32. The van der Waals surface area contributed by atoms with Crippen LogP contribution >= 0.6 is 8.25 Å². The zero-order valence-electron chi connectivity index (χ0n) is 2.71. The minimum absolute atomic E-state index is 1.17. The Labute approximate surface area is 30.5 Å². The van der Waals surface area contributed by atoms with Gasteiger partial charge in [-0.15, -0.1) is 9.42 Å². The van der Waals surface area contributed by atoms with Gasteiger partial charge >= 0.3 is 8.25 Å². The molecular formula is CH4O3P+. The van der Waals surface area contributed by atoms with E-state index >= 15 is 0 Å². The summed E-state index contributed by atoms with van der Waals surface area (Å²) in [7, 11) is -1.18. The summed E-state index contributed by atoms with van der Waals surface area (Å²) in [4.78, 5) is 7.65. The molecule has 0 saturated carbocycles. The van der Waals surface area contributed by atoms with Gasteiger partial charge in [-0.05, 0) is 0 Å². The van der Waals surface area contributed by atoms with Gasteiger partial charge in [0.2, 0.25) is 0 Å². The van der Waals surface area contributed by atoms with Crippen LogP contribution in [-0.2, 0) is 9.09 Å². The number of hydrogen-bond donors (Lipinski definition) is 1. The molecule has 0 aromatic carbocycles. The molecule has 0 aromatic rings. The van der Waals surface area contributed by atoms with E-state index in [9.17, 15) is 4.57 Å². The predicted octanol–water partition coefficient (Wildman–Crippen LogP) is 0.282. The van der Waals surface area contributed by atoms with Gasteiger partial charge in [-0.3, -0.25) is 0 Å². The van der Waals surface area contributed by atoms with E-state index in [0.717, 1.165) is 0 Å². The zero-order valence-corrected chi connectivity index (χ0v) is 3.61.